The van der Waals surface area contributed by atoms with E-state index in [1.165, 1.54) is 25.7 Å². The molecule has 1 aromatic heterocycles. The van der Waals surface area contributed by atoms with Crippen molar-refractivity contribution in [2.45, 2.75) is 32.6 Å². The number of nitrogen functional groups attached to an aromatic ring is 1. The Morgan fingerprint density at radius 3 is 2.65 bits per heavy atom. The number of para-hydroxylation sites is 2. The number of benzene rings is 1. The molecule has 0 aliphatic carbocycles. The minimum atomic E-state index is 0.554. The van der Waals surface area contributed by atoms with Gasteiger partial charge in [-0.2, -0.15) is 0 Å². The molecule has 1 aliphatic heterocycles. The van der Waals surface area contributed by atoms with Crippen LogP contribution in [0.25, 0.3) is 11.0 Å². The van der Waals surface area contributed by atoms with Crippen molar-refractivity contribution in [3.63, 3.8) is 0 Å². The quantitative estimate of drug-likeness (QED) is 0.910. The Kier molecular flexibility index (Phi) is 3.72. The molecule has 0 bridgehead atoms. The van der Waals surface area contributed by atoms with E-state index in [2.05, 4.69) is 16.8 Å². The number of rotatable bonds is 2. The number of fused-ring (bicyclic) bond motifs is 1. The third-order valence-corrected chi connectivity index (χ3v) is 4.30. The lowest BCUT2D eigenvalue weighted by Gasteiger charge is -2.23. The lowest BCUT2D eigenvalue weighted by Crippen LogP contribution is -2.26. The van der Waals surface area contributed by atoms with E-state index in [1.54, 1.807) is 0 Å². The highest BCUT2D eigenvalue weighted by molar-refractivity contribution is 5.79. The standard InChI is InChI=1S/C16H22N4/c1-2-12-6-5-10-20(11-9-12)16-15(17)18-13-7-3-4-8-14(13)19-16/h3-4,7-8,12H,2,5-6,9-11H2,1H3,(H2,17,18). The zero-order chi connectivity index (χ0) is 13.9. The van der Waals surface area contributed by atoms with Gasteiger partial charge in [-0.05, 0) is 37.3 Å². The molecule has 20 heavy (non-hydrogen) atoms. The molecule has 1 fully saturated rings. The van der Waals surface area contributed by atoms with Gasteiger partial charge in [0.1, 0.15) is 0 Å². The van der Waals surface area contributed by atoms with Crippen LogP contribution in [0.1, 0.15) is 32.6 Å². The molecule has 2 aromatic rings. The Balaban J connectivity index is 1.91. The van der Waals surface area contributed by atoms with Gasteiger partial charge in [0, 0.05) is 13.1 Å². The van der Waals surface area contributed by atoms with Crippen LogP contribution in [0.4, 0.5) is 11.6 Å². The Labute approximate surface area is 120 Å². The van der Waals surface area contributed by atoms with Crippen molar-refractivity contribution >= 4 is 22.7 Å². The normalized spacial score (nSPS) is 20.1. The summed E-state index contributed by atoms with van der Waals surface area (Å²) in [5.74, 6) is 2.26. The third-order valence-electron chi connectivity index (χ3n) is 4.30. The second-order valence-corrected chi connectivity index (χ2v) is 5.61. The van der Waals surface area contributed by atoms with Crippen LogP contribution in [0.15, 0.2) is 24.3 Å². The van der Waals surface area contributed by atoms with E-state index in [1.807, 2.05) is 24.3 Å². The average molecular weight is 270 g/mol. The van der Waals surface area contributed by atoms with Gasteiger partial charge >= 0.3 is 0 Å². The molecule has 4 nitrogen and oxygen atoms in total. The number of hydrogen-bond donors (Lipinski definition) is 1. The van der Waals surface area contributed by atoms with Crippen LogP contribution in [-0.4, -0.2) is 23.1 Å². The van der Waals surface area contributed by atoms with E-state index in [4.69, 9.17) is 10.7 Å². The van der Waals surface area contributed by atoms with Gasteiger partial charge in [0.15, 0.2) is 11.6 Å². The monoisotopic (exact) mass is 270 g/mol. The minimum Gasteiger partial charge on any atom is -0.381 e. The van der Waals surface area contributed by atoms with Crippen LogP contribution in [0.5, 0.6) is 0 Å². The van der Waals surface area contributed by atoms with Crippen LogP contribution in [0, 0.1) is 5.92 Å². The Morgan fingerprint density at radius 2 is 1.90 bits per heavy atom. The lowest BCUT2D eigenvalue weighted by atomic mass is 9.98. The SMILES string of the molecule is CCC1CCCN(c2nc3ccccc3nc2N)CC1. The first-order chi connectivity index (χ1) is 9.78. The summed E-state index contributed by atoms with van der Waals surface area (Å²) in [6.45, 7) is 4.36. The molecule has 0 spiro atoms. The van der Waals surface area contributed by atoms with E-state index in [9.17, 15) is 0 Å². The van der Waals surface area contributed by atoms with Gasteiger partial charge in [0.25, 0.3) is 0 Å². The van der Waals surface area contributed by atoms with Gasteiger partial charge in [-0.1, -0.05) is 25.5 Å². The predicted molar refractivity (Wildman–Crippen MR) is 83.8 cm³/mol. The highest BCUT2D eigenvalue weighted by Gasteiger charge is 2.19. The molecule has 1 aliphatic rings. The summed E-state index contributed by atoms with van der Waals surface area (Å²) in [6.07, 6.45) is 5.03. The molecule has 2 heterocycles. The Hall–Kier alpha value is -1.84. The summed E-state index contributed by atoms with van der Waals surface area (Å²) in [5.41, 5.74) is 7.91. The van der Waals surface area contributed by atoms with Crippen LogP contribution < -0.4 is 10.6 Å². The average Bonchev–Trinajstić information content (AvgIpc) is 2.72. The van der Waals surface area contributed by atoms with Gasteiger partial charge in [-0.25, -0.2) is 9.97 Å². The second-order valence-electron chi connectivity index (χ2n) is 5.61. The maximum absolute atomic E-state index is 6.12. The minimum absolute atomic E-state index is 0.554. The second kappa shape index (κ2) is 5.65. The number of aromatic nitrogens is 2. The molecule has 1 unspecified atom stereocenters. The summed E-state index contributed by atoms with van der Waals surface area (Å²) in [6, 6.07) is 7.91. The van der Waals surface area contributed by atoms with Gasteiger partial charge in [0.2, 0.25) is 0 Å². The lowest BCUT2D eigenvalue weighted by molar-refractivity contribution is 0.459. The third kappa shape index (κ3) is 2.55. The fourth-order valence-electron chi connectivity index (χ4n) is 3.02. The highest BCUT2D eigenvalue weighted by Crippen LogP contribution is 2.27. The first-order valence-electron chi connectivity index (χ1n) is 7.55. The largest absolute Gasteiger partial charge is 0.381 e. The van der Waals surface area contributed by atoms with E-state index >= 15 is 0 Å². The van der Waals surface area contributed by atoms with Gasteiger partial charge < -0.3 is 10.6 Å². The van der Waals surface area contributed by atoms with Crippen molar-refractivity contribution in [3.8, 4) is 0 Å². The fraction of sp³-hybridized carbons (Fsp3) is 0.500. The van der Waals surface area contributed by atoms with Crippen molar-refractivity contribution in [1.29, 1.82) is 0 Å². The molecule has 0 amide bonds. The van der Waals surface area contributed by atoms with Crippen LogP contribution in [-0.2, 0) is 0 Å². The number of nitrogens with two attached hydrogens (primary N) is 1. The maximum atomic E-state index is 6.12. The van der Waals surface area contributed by atoms with E-state index in [-0.39, 0.29) is 0 Å². The first kappa shape index (κ1) is 13.2. The smallest absolute Gasteiger partial charge is 0.172 e. The van der Waals surface area contributed by atoms with E-state index < -0.39 is 0 Å². The summed E-state index contributed by atoms with van der Waals surface area (Å²) < 4.78 is 0. The van der Waals surface area contributed by atoms with Crippen molar-refractivity contribution in [3.05, 3.63) is 24.3 Å². The molecule has 3 rings (SSSR count). The van der Waals surface area contributed by atoms with Crippen molar-refractivity contribution < 1.29 is 0 Å². The molecular formula is C16H22N4. The predicted octanol–water partition coefficient (Wildman–Crippen LogP) is 3.23. The molecule has 4 heteroatoms. The van der Waals surface area contributed by atoms with Crippen molar-refractivity contribution in [1.82, 2.24) is 9.97 Å². The zero-order valence-corrected chi connectivity index (χ0v) is 12.0. The highest BCUT2D eigenvalue weighted by atomic mass is 15.2. The molecule has 0 saturated carbocycles. The Bertz CT molecular complexity index is 596. The van der Waals surface area contributed by atoms with Crippen molar-refractivity contribution in [2.24, 2.45) is 5.92 Å². The zero-order valence-electron chi connectivity index (χ0n) is 12.0. The molecular weight excluding hydrogens is 248 g/mol. The molecule has 2 N–H and O–H groups in total. The van der Waals surface area contributed by atoms with Crippen LogP contribution >= 0.6 is 0 Å². The molecule has 1 atom stereocenters. The molecule has 1 aromatic carbocycles. The van der Waals surface area contributed by atoms with Gasteiger partial charge in [0.05, 0.1) is 11.0 Å². The number of hydrogen-bond acceptors (Lipinski definition) is 4. The molecule has 1 saturated heterocycles. The summed E-state index contributed by atoms with van der Waals surface area (Å²) in [5, 5.41) is 0. The molecule has 106 valence electrons. The fourth-order valence-corrected chi connectivity index (χ4v) is 3.02. The van der Waals surface area contributed by atoms with Crippen LogP contribution in [0.2, 0.25) is 0 Å². The summed E-state index contributed by atoms with van der Waals surface area (Å²) in [4.78, 5) is 11.5. The van der Waals surface area contributed by atoms with E-state index in [0.29, 0.717) is 5.82 Å². The topological polar surface area (TPSA) is 55.0 Å². The van der Waals surface area contributed by atoms with E-state index in [0.717, 1.165) is 35.9 Å². The van der Waals surface area contributed by atoms with Gasteiger partial charge in [-0.3, -0.25) is 0 Å². The van der Waals surface area contributed by atoms with Crippen molar-refractivity contribution in [2.75, 3.05) is 23.7 Å². The van der Waals surface area contributed by atoms with Crippen LogP contribution in [0.3, 0.4) is 0 Å². The Morgan fingerprint density at radius 1 is 1.15 bits per heavy atom. The number of nitrogens with zero attached hydrogens (tertiary/aromatic N) is 3. The first-order valence-corrected chi connectivity index (χ1v) is 7.55. The number of anilines is 2. The summed E-state index contributed by atoms with van der Waals surface area (Å²) >= 11 is 0. The van der Waals surface area contributed by atoms with Gasteiger partial charge in [-0.15, -0.1) is 0 Å². The summed E-state index contributed by atoms with van der Waals surface area (Å²) in [7, 11) is 0. The molecule has 0 radical (unpaired) electrons. The maximum Gasteiger partial charge on any atom is 0.172 e.